The highest BCUT2D eigenvalue weighted by Gasteiger charge is 2.19. The number of thiophene rings is 1. The van der Waals surface area contributed by atoms with Crippen LogP contribution < -0.4 is 10.1 Å². The summed E-state index contributed by atoms with van der Waals surface area (Å²) >= 11 is 1.31. The van der Waals surface area contributed by atoms with E-state index in [1.807, 2.05) is 32.9 Å². The van der Waals surface area contributed by atoms with Crippen LogP contribution in [0, 0.1) is 20.8 Å². The minimum absolute atomic E-state index is 0.182. The summed E-state index contributed by atoms with van der Waals surface area (Å²) in [6.45, 7) is 6.05. The maximum atomic E-state index is 12.5. The molecule has 1 aromatic carbocycles. The smallest absolute Gasteiger partial charge is 0.340 e. The molecule has 2 heterocycles. The Morgan fingerprint density at radius 1 is 1.14 bits per heavy atom. The fourth-order valence-corrected chi connectivity index (χ4v) is 3.64. The highest BCUT2D eigenvalue weighted by atomic mass is 32.1. The summed E-state index contributed by atoms with van der Waals surface area (Å²) < 4.78 is 12.0. The fraction of sp³-hybridized carbons (Fsp3) is 0.250. The first kappa shape index (κ1) is 19.6. The van der Waals surface area contributed by atoms with Crippen LogP contribution in [-0.2, 0) is 11.5 Å². The van der Waals surface area contributed by atoms with Crippen LogP contribution in [0.4, 0.5) is 5.00 Å². The van der Waals surface area contributed by atoms with E-state index in [9.17, 15) is 9.59 Å². The van der Waals surface area contributed by atoms with Crippen LogP contribution in [0.5, 0.6) is 5.75 Å². The molecule has 0 fully saturated rings. The van der Waals surface area contributed by atoms with E-state index in [2.05, 4.69) is 16.5 Å². The van der Waals surface area contributed by atoms with E-state index in [1.165, 1.54) is 23.1 Å². The van der Waals surface area contributed by atoms with E-state index in [1.54, 1.807) is 18.3 Å². The van der Waals surface area contributed by atoms with Crippen molar-refractivity contribution in [3.8, 4) is 5.75 Å². The van der Waals surface area contributed by atoms with Crippen molar-refractivity contribution in [2.45, 2.75) is 27.5 Å². The summed E-state index contributed by atoms with van der Waals surface area (Å²) in [6, 6.07) is 9.23. The van der Waals surface area contributed by atoms with Gasteiger partial charge in [-0.15, -0.1) is 11.3 Å². The molecule has 0 bridgehead atoms. The van der Waals surface area contributed by atoms with Crippen molar-refractivity contribution >= 4 is 28.2 Å². The molecule has 0 saturated carbocycles. The molecule has 28 heavy (non-hydrogen) atoms. The number of carbonyl (C=O) groups excluding carboxylic acids is 2. The van der Waals surface area contributed by atoms with Crippen molar-refractivity contribution in [3.63, 3.8) is 0 Å². The van der Waals surface area contributed by atoms with Gasteiger partial charge >= 0.3 is 5.97 Å². The number of aromatic nitrogens is 2. The quantitative estimate of drug-likeness (QED) is 0.635. The van der Waals surface area contributed by atoms with Gasteiger partial charge in [-0.05, 0) is 56.2 Å². The maximum absolute atomic E-state index is 12.5. The second-order valence-corrected chi connectivity index (χ2v) is 7.64. The number of nitrogens with zero attached hydrogens (tertiary/aromatic N) is 2. The van der Waals surface area contributed by atoms with E-state index in [4.69, 9.17) is 9.47 Å². The Hall–Kier alpha value is -3.13. The first-order valence-electron chi connectivity index (χ1n) is 8.60. The number of methoxy groups -OCH3 is 1. The van der Waals surface area contributed by atoms with Gasteiger partial charge in [0.1, 0.15) is 10.8 Å². The van der Waals surface area contributed by atoms with Crippen LogP contribution in [0.2, 0.25) is 0 Å². The Balaban J connectivity index is 1.67. The van der Waals surface area contributed by atoms with Crippen molar-refractivity contribution in [1.82, 2.24) is 9.78 Å². The highest BCUT2D eigenvalue weighted by Crippen LogP contribution is 2.28. The van der Waals surface area contributed by atoms with Gasteiger partial charge in [0.2, 0.25) is 0 Å². The number of amides is 1. The molecule has 1 N–H and O–H groups in total. The van der Waals surface area contributed by atoms with Crippen molar-refractivity contribution in [3.05, 3.63) is 63.8 Å². The first-order valence-corrected chi connectivity index (χ1v) is 9.42. The Bertz CT molecular complexity index is 1000. The molecule has 3 rings (SSSR count). The Morgan fingerprint density at radius 3 is 2.54 bits per heavy atom. The average Bonchev–Trinajstić information content (AvgIpc) is 3.25. The molecule has 0 unspecified atom stereocenters. The second kappa shape index (κ2) is 8.26. The molecule has 0 aliphatic heterocycles. The van der Waals surface area contributed by atoms with Gasteiger partial charge in [-0.2, -0.15) is 5.10 Å². The topological polar surface area (TPSA) is 82.5 Å². The van der Waals surface area contributed by atoms with Crippen LogP contribution >= 0.6 is 11.3 Å². The Kier molecular flexibility index (Phi) is 5.79. The lowest BCUT2D eigenvalue weighted by Crippen LogP contribution is -2.15. The third-order valence-corrected chi connectivity index (χ3v) is 4.89. The average molecular weight is 399 g/mol. The zero-order valence-corrected chi connectivity index (χ0v) is 16.9. The lowest BCUT2D eigenvalue weighted by molar-refractivity contribution is 0.0602. The standard InChI is InChI=1S/C20H21N3O4S/c1-12-7-13(2)9-15(8-12)27-11-23-6-5-17(22-23)18(24)21-19-16(20(25)26-4)10-14(3)28-19/h5-10H,11H2,1-4H3,(H,21,24). The SMILES string of the molecule is COC(=O)c1cc(C)sc1NC(=O)c1ccn(COc2cc(C)cc(C)c2)n1. The molecule has 146 valence electrons. The fourth-order valence-electron chi connectivity index (χ4n) is 2.75. The molecule has 0 aliphatic rings. The molecule has 0 aliphatic carbocycles. The lowest BCUT2D eigenvalue weighted by Gasteiger charge is -2.08. The number of aryl methyl sites for hydroxylation is 3. The van der Waals surface area contributed by atoms with Crippen molar-refractivity contribution in [1.29, 1.82) is 0 Å². The van der Waals surface area contributed by atoms with E-state index < -0.39 is 11.9 Å². The molecular formula is C20H21N3O4S. The van der Waals surface area contributed by atoms with E-state index >= 15 is 0 Å². The zero-order chi connectivity index (χ0) is 20.3. The summed E-state index contributed by atoms with van der Waals surface area (Å²) in [5, 5.41) is 7.40. The minimum atomic E-state index is -0.493. The number of anilines is 1. The number of nitrogens with one attached hydrogen (secondary N) is 1. The largest absolute Gasteiger partial charge is 0.471 e. The zero-order valence-electron chi connectivity index (χ0n) is 16.1. The van der Waals surface area contributed by atoms with Crippen LogP contribution in [0.3, 0.4) is 0 Å². The molecule has 7 nitrogen and oxygen atoms in total. The molecule has 3 aromatic rings. The molecular weight excluding hydrogens is 378 g/mol. The van der Waals surface area contributed by atoms with Gasteiger partial charge in [-0.1, -0.05) is 6.07 Å². The first-order chi connectivity index (χ1) is 13.4. The third-order valence-electron chi connectivity index (χ3n) is 3.92. The van der Waals surface area contributed by atoms with Gasteiger partial charge in [0.25, 0.3) is 5.91 Å². The normalized spacial score (nSPS) is 10.6. The van der Waals surface area contributed by atoms with Gasteiger partial charge in [-0.25, -0.2) is 9.48 Å². The predicted octanol–water partition coefficient (Wildman–Crippen LogP) is 3.95. The van der Waals surface area contributed by atoms with Crippen molar-refractivity contribution in [2.24, 2.45) is 0 Å². The van der Waals surface area contributed by atoms with Crippen molar-refractivity contribution in [2.75, 3.05) is 12.4 Å². The molecule has 0 saturated heterocycles. The van der Waals surface area contributed by atoms with Crippen LogP contribution in [-0.4, -0.2) is 28.8 Å². The number of ether oxygens (including phenoxy) is 2. The maximum Gasteiger partial charge on any atom is 0.340 e. The monoisotopic (exact) mass is 399 g/mol. The Labute approximate surface area is 166 Å². The highest BCUT2D eigenvalue weighted by molar-refractivity contribution is 7.16. The van der Waals surface area contributed by atoms with Gasteiger partial charge < -0.3 is 14.8 Å². The molecule has 0 spiro atoms. The summed E-state index contributed by atoms with van der Waals surface area (Å²) in [7, 11) is 1.30. The summed E-state index contributed by atoms with van der Waals surface area (Å²) in [4.78, 5) is 25.2. The van der Waals surface area contributed by atoms with Gasteiger partial charge in [-0.3, -0.25) is 4.79 Å². The van der Waals surface area contributed by atoms with Crippen molar-refractivity contribution < 1.29 is 19.1 Å². The summed E-state index contributed by atoms with van der Waals surface area (Å²) in [5.74, 6) is -0.153. The molecule has 2 aromatic heterocycles. The van der Waals surface area contributed by atoms with E-state index in [-0.39, 0.29) is 12.4 Å². The second-order valence-electron chi connectivity index (χ2n) is 6.38. The molecule has 0 atom stereocenters. The molecule has 1 amide bonds. The summed E-state index contributed by atoms with van der Waals surface area (Å²) in [6.07, 6.45) is 1.67. The van der Waals surface area contributed by atoms with Crippen LogP contribution in [0.1, 0.15) is 36.9 Å². The van der Waals surface area contributed by atoms with Crippen LogP contribution in [0.25, 0.3) is 0 Å². The summed E-state index contributed by atoms with van der Waals surface area (Å²) in [5.41, 5.74) is 2.79. The molecule has 8 heteroatoms. The number of hydrogen-bond acceptors (Lipinski definition) is 6. The lowest BCUT2D eigenvalue weighted by atomic mass is 10.1. The minimum Gasteiger partial charge on any atom is -0.471 e. The van der Waals surface area contributed by atoms with Gasteiger partial charge in [0, 0.05) is 11.1 Å². The van der Waals surface area contributed by atoms with Gasteiger partial charge in [0.15, 0.2) is 12.4 Å². The number of esters is 1. The predicted molar refractivity (Wildman–Crippen MR) is 107 cm³/mol. The number of carbonyl (C=O) groups is 2. The number of hydrogen-bond donors (Lipinski definition) is 1. The Morgan fingerprint density at radius 2 is 1.86 bits per heavy atom. The number of rotatable bonds is 6. The van der Waals surface area contributed by atoms with E-state index in [0.717, 1.165) is 21.8 Å². The number of benzene rings is 1. The van der Waals surface area contributed by atoms with Crippen LogP contribution in [0.15, 0.2) is 36.5 Å². The van der Waals surface area contributed by atoms with E-state index in [0.29, 0.717) is 10.6 Å². The molecule has 0 radical (unpaired) electrons. The third kappa shape index (κ3) is 4.58. The van der Waals surface area contributed by atoms with Gasteiger partial charge in [0.05, 0.1) is 12.7 Å².